The minimum Gasteiger partial charge on any atom is -0.326 e. The molecule has 0 fully saturated rings. The van der Waals surface area contributed by atoms with Gasteiger partial charge in [0.2, 0.25) is 11.8 Å². The molecule has 32 heavy (non-hydrogen) atoms. The first kappa shape index (κ1) is 22.9. The predicted molar refractivity (Wildman–Crippen MR) is 127 cm³/mol. The fourth-order valence-corrected chi connectivity index (χ4v) is 3.29. The molecule has 7 nitrogen and oxygen atoms in total. The van der Waals surface area contributed by atoms with Crippen molar-refractivity contribution >= 4 is 23.2 Å². The SMILES string of the molecule is Cc1cc(C)cc(NC(=O)Cn2nc(-c3ccc(C)c(NC(=O)C(C)C)c3)ccc2=O)c1. The molecule has 1 heterocycles. The van der Waals surface area contributed by atoms with E-state index in [-0.39, 0.29) is 29.8 Å². The molecule has 0 spiro atoms. The Morgan fingerprint density at radius 2 is 1.62 bits per heavy atom. The van der Waals surface area contributed by atoms with E-state index in [0.29, 0.717) is 17.1 Å². The molecule has 0 radical (unpaired) electrons. The number of hydrogen-bond donors (Lipinski definition) is 2. The second-order valence-electron chi connectivity index (χ2n) is 8.31. The molecule has 0 aliphatic carbocycles. The van der Waals surface area contributed by atoms with Gasteiger partial charge >= 0.3 is 0 Å². The number of aryl methyl sites for hydroxylation is 3. The van der Waals surface area contributed by atoms with Crippen molar-refractivity contribution in [3.8, 4) is 11.3 Å². The zero-order valence-electron chi connectivity index (χ0n) is 19.0. The van der Waals surface area contributed by atoms with E-state index in [1.165, 1.54) is 6.07 Å². The number of carbonyl (C=O) groups excluding carboxylic acids is 2. The van der Waals surface area contributed by atoms with Crippen molar-refractivity contribution in [2.75, 3.05) is 10.6 Å². The van der Waals surface area contributed by atoms with Gasteiger partial charge in [0.25, 0.3) is 5.56 Å². The first-order chi connectivity index (χ1) is 15.1. The van der Waals surface area contributed by atoms with Crippen LogP contribution in [0.15, 0.2) is 53.3 Å². The first-order valence-corrected chi connectivity index (χ1v) is 10.5. The lowest BCUT2D eigenvalue weighted by atomic mass is 10.1. The monoisotopic (exact) mass is 432 g/mol. The molecule has 0 bridgehead atoms. The van der Waals surface area contributed by atoms with Crippen molar-refractivity contribution in [1.29, 1.82) is 0 Å². The fraction of sp³-hybridized carbons (Fsp3) is 0.280. The van der Waals surface area contributed by atoms with Crippen LogP contribution < -0.4 is 16.2 Å². The minimum absolute atomic E-state index is 0.0776. The Labute approximate surface area is 187 Å². The first-order valence-electron chi connectivity index (χ1n) is 10.5. The van der Waals surface area contributed by atoms with Crippen LogP contribution in [0.1, 0.15) is 30.5 Å². The molecule has 0 saturated heterocycles. The standard InChI is InChI=1S/C25H28N4O3/c1-15(2)25(32)27-22-13-19(7-6-18(22)5)21-8-9-24(31)29(28-21)14-23(30)26-20-11-16(3)10-17(4)12-20/h6-13,15H,14H2,1-5H3,(H,26,30)(H,27,32). The molecule has 2 amide bonds. The Hall–Kier alpha value is -3.74. The van der Waals surface area contributed by atoms with Crippen molar-refractivity contribution in [3.05, 3.63) is 75.6 Å². The highest BCUT2D eigenvalue weighted by atomic mass is 16.2. The van der Waals surface area contributed by atoms with Gasteiger partial charge in [0, 0.05) is 28.9 Å². The Balaban J connectivity index is 1.83. The van der Waals surface area contributed by atoms with E-state index in [1.54, 1.807) is 6.07 Å². The Kier molecular flexibility index (Phi) is 6.88. The summed E-state index contributed by atoms with van der Waals surface area (Å²) >= 11 is 0. The highest BCUT2D eigenvalue weighted by Gasteiger charge is 2.12. The molecule has 166 valence electrons. The van der Waals surface area contributed by atoms with Gasteiger partial charge in [-0.1, -0.05) is 32.0 Å². The lowest BCUT2D eigenvalue weighted by molar-refractivity contribution is -0.119. The van der Waals surface area contributed by atoms with Gasteiger partial charge in [-0.3, -0.25) is 14.4 Å². The van der Waals surface area contributed by atoms with Crippen LogP contribution in [0.2, 0.25) is 0 Å². The molecular weight excluding hydrogens is 404 g/mol. The minimum atomic E-state index is -0.371. The largest absolute Gasteiger partial charge is 0.326 e. The summed E-state index contributed by atoms with van der Waals surface area (Å²) in [5.74, 6) is -0.560. The van der Waals surface area contributed by atoms with Crippen molar-refractivity contribution in [1.82, 2.24) is 9.78 Å². The third-order valence-electron chi connectivity index (χ3n) is 4.98. The molecule has 3 rings (SSSR count). The average Bonchev–Trinajstić information content (AvgIpc) is 2.70. The van der Waals surface area contributed by atoms with Gasteiger partial charge in [0.1, 0.15) is 6.54 Å². The zero-order chi connectivity index (χ0) is 23.4. The van der Waals surface area contributed by atoms with Crippen LogP contribution in [0.3, 0.4) is 0 Å². The van der Waals surface area contributed by atoms with E-state index in [2.05, 4.69) is 15.7 Å². The summed E-state index contributed by atoms with van der Waals surface area (Å²) in [5, 5.41) is 10.1. The number of anilines is 2. The molecule has 2 aromatic carbocycles. The molecule has 0 aliphatic heterocycles. The number of hydrogen-bond acceptors (Lipinski definition) is 4. The van der Waals surface area contributed by atoms with Gasteiger partial charge < -0.3 is 10.6 Å². The summed E-state index contributed by atoms with van der Waals surface area (Å²) in [5.41, 5.74) is 5.26. The quantitative estimate of drug-likeness (QED) is 0.614. The molecule has 3 aromatic rings. The summed E-state index contributed by atoms with van der Waals surface area (Å²) in [4.78, 5) is 36.9. The highest BCUT2D eigenvalue weighted by molar-refractivity contribution is 5.93. The summed E-state index contributed by atoms with van der Waals surface area (Å²) in [7, 11) is 0. The lowest BCUT2D eigenvalue weighted by Gasteiger charge is -2.13. The van der Waals surface area contributed by atoms with Gasteiger partial charge in [0.15, 0.2) is 0 Å². The van der Waals surface area contributed by atoms with E-state index in [0.717, 1.165) is 26.9 Å². The average molecular weight is 433 g/mol. The number of aromatic nitrogens is 2. The number of carbonyl (C=O) groups is 2. The lowest BCUT2D eigenvalue weighted by Crippen LogP contribution is -2.29. The van der Waals surface area contributed by atoms with E-state index >= 15 is 0 Å². The molecule has 0 unspecified atom stereocenters. The van der Waals surface area contributed by atoms with Crippen molar-refractivity contribution in [2.45, 2.75) is 41.2 Å². The van der Waals surface area contributed by atoms with Crippen LogP contribution in [-0.4, -0.2) is 21.6 Å². The van der Waals surface area contributed by atoms with E-state index in [9.17, 15) is 14.4 Å². The van der Waals surface area contributed by atoms with Crippen molar-refractivity contribution < 1.29 is 9.59 Å². The van der Waals surface area contributed by atoms with Crippen LogP contribution in [0.4, 0.5) is 11.4 Å². The number of benzene rings is 2. The summed E-state index contributed by atoms with van der Waals surface area (Å²) in [6.45, 7) is 9.27. The smallest absolute Gasteiger partial charge is 0.267 e. The molecule has 0 atom stereocenters. The van der Waals surface area contributed by atoms with Gasteiger partial charge in [-0.15, -0.1) is 0 Å². The van der Waals surface area contributed by atoms with E-state index < -0.39 is 0 Å². The van der Waals surface area contributed by atoms with Crippen LogP contribution in [-0.2, 0) is 16.1 Å². The predicted octanol–water partition coefficient (Wildman–Crippen LogP) is 4.07. The van der Waals surface area contributed by atoms with Crippen LogP contribution in [0.25, 0.3) is 11.3 Å². The summed E-state index contributed by atoms with van der Waals surface area (Å²) < 4.78 is 1.14. The molecule has 1 aromatic heterocycles. The van der Waals surface area contributed by atoms with Gasteiger partial charge in [-0.2, -0.15) is 5.10 Å². The normalized spacial score (nSPS) is 10.8. The second-order valence-corrected chi connectivity index (χ2v) is 8.31. The van der Waals surface area contributed by atoms with Crippen LogP contribution >= 0.6 is 0 Å². The maximum atomic E-state index is 12.5. The molecular formula is C25H28N4O3. The molecule has 2 N–H and O–H groups in total. The number of nitrogens with zero attached hydrogens (tertiary/aromatic N) is 2. The Morgan fingerprint density at radius 3 is 2.28 bits per heavy atom. The summed E-state index contributed by atoms with van der Waals surface area (Å²) in [6, 6.07) is 14.3. The van der Waals surface area contributed by atoms with E-state index in [1.807, 2.05) is 71.0 Å². The van der Waals surface area contributed by atoms with Gasteiger partial charge in [0.05, 0.1) is 5.69 Å². The zero-order valence-corrected chi connectivity index (χ0v) is 19.0. The third-order valence-corrected chi connectivity index (χ3v) is 4.98. The van der Waals surface area contributed by atoms with Gasteiger partial charge in [-0.05, 0) is 61.7 Å². The van der Waals surface area contributed by atoms with Crippen molar-refractivity contribution in [2.24, 2.45) is 5.92 Å². The van der Waals surface area contributed by atoms with Crippen LogP contribution in [0, 0.1) is 26.7 Å². The maximum Gasteiger partial charge on any atom is 0.267 e. The van der Waals surface area contributed by atoms with Crippen LogP contribution in [0.5, 0.6) is 0 Å². The molecule has 0 aliphatic rings. The maximum absolute atomic E-state index is 12.5. The number of amides is 2. The number of rotatable bonds is 6. The Morgan fingerprint density at radius 1 is 0.938 bits per heavy atom. The van der Waals surface area contributed by atoms with Gasteiger partial charge in [-0.25, -0.2) is 4.68 Å². The second kappa shape index (κ2) is 9.60. The van der Waals surface area contributed by atoms with E-state index in [4.69, 9.17) is 0 Å². The van der Waals surface area contributed by atoms with Crippen molar-refractivity contribution in [3.63, 3.8) is 0 Å². The fourth-order valence-electron chi connectivity index (χ4n) is 3.29. The molecule has 7 heteroatoms. The Bertz CT molecular complexity index is 1210. The molecule has 0 saturated carbocycles. The topological polar surface area (TPSA) is 93.1 Å². The third kappa shape index (κ3) is 5.69. The highest BCUT2D eigenvalue weighted by Crippen LogP contribution is 2.24. The summed E-state index contributed by atoms with van der Waals surface area (Å²) in [6.07, 6.45) is 0. The number of nitrogens with one attached hydrogen (secondary N) is 2.